The number of hydrogen-bond donors (Lipinski definition) is 0. The Morgan fingerprint density at radius 1 is 1.33 bits per heavy atom. The Bertz CT molecular complexity index is 785. The third kappa shape index (κ3) is 1.37. The molecule has 3 aromatic rings. The highest BCUT2D eigenvalue weighted by atomic mass is 16.1. The Hall–Kier alpha value is -2.17. The molecule has 0 bridgehead atoms. The van der Waals surface area contributed by atoms with Crippen molar-refractivity contribution in [3.05, 3.63) is 34.9 Å². The summed E-state index contributed by atoms with van der Waals surface area (Å²) in [5.74, 6) is 0. The molecule has 0 N–H and O–H groups in total. The van der Waals surface area contributed by atoms with Gasteiger partial charge < -0.3 is 0 Å². The highest BCUT2D eigenvalue weighted by Gasteiger charge is 2.13. The Labute approximate surface area is 104 Å². The first kappa shape index (κ1) is 11.0. The lowest BCUT2D eigenvalue weighted by atomic mass is 10.2. The van der Waals surface area contributed by atoms with E-state index in [1.54, 1.807) is 21.6 Å². The number of aromatic nitrogens is 4. The normalized spacial score (nSPS) is 11.4. The minimum Gasteiger partial charge on any atom is -0.292 e. The van der Waals surface area contributed by atoms with Crippen LogP contribution in [0.4, 0.5) is 0 Å². The minimum atomic E-state index is -0.00819. The van der Waals surface area contributed by atoms with E-state index in [-0.39, 0.29) is 5.56 Å². The van der Waals surface area contributed by atoms with Gasteiger partial charge in [-0.15, -0.1) is 0 Å². The van der Waals surface area contributed by atoms with Crippen LogP contribution in [0.3, 0.4) is 0 Å². The van der Waals surface area contributed by atoms with E-state index in [9.17, 15) is 4.79 Å². The molecule has 5 heteroatoms. The van der Waals surface area contributed by atoms with E-state index in [1.807, 2.05) is 19.2 Å². The van der Waals surface area contributed by atoms with Crippen LogP contribution in [0, 0.1) is 0 Å². The molecule has 0 saturated heterocycles. The van der Waals surface area contributed by atoms with Gasteiger partial charge in [0.15, 0.2) is 0 Å². The van der Waals surface area contributed by atoms with Crippen molar-refractivity contribution in [2.24, 2.45) is 7.05 Å². The lowest BCUT2D eigenvalue weighted by Gasteiger charge is -2.09. The zero-order chi connectivity index (χ0) is 12.7. The Kier molecular flexibility index (Phi) is 2.40. The van der Waals surface area contributed by atoms with Gasteiger partial charge in [-0.3, -0.25) is 14.0 Å². The van der Waals surface area contributed by atoms with Crippen LogP contribution in [-0.4, -0.2) is 19.3 Å². The molecule has 0 unspecified atom stereocenters. The first-order valence-corrected chi connectivity index (χ1v) is 6.03. The standard InChI is InChI=1S/C13H14N4O/c1-3-7-17-12-9(5-4-6-14-12)11-10(13(17)18)8-15-16(11)2/h4-6,8H,3,7H2,1-2H3. The number of pyridine rings is 2. The summed E-state index contributed by atoms with van der Waals surface area (Å²) in [6.07, 6.45) is 4.25. The van der Waals surface area contributed by atoms with Gasteiger partial charge in [0.05, 0.1) is 17.1 Å². The summed E-state index contributed by atoms with van der Waals surface area (Å²) in [7, 11) is 1.85. The molecule has 3 rings (SSSR count). The summed E-state index contributed by atoms with van der Waals surface area (Å²) in [6, 6.07) is 3.87. The van der Waals surface area contributed by atoms with E-state index < -0.39 is 0 Å². The maximum absolute atomic E-state index is 12.4. The van der Waals surface area contributed by atoms with Gasteiger partial charge in [-0.2, -0.15) is 5.10 Å². The van der Waals surface area contributed by atoms with Crippen LogP contribution >= 0.6 is 0 Å². The maximum Gasteiger partial charge on any atom is 0.263 e. The smallest absolute Gasteiger partial charge is 0.263 e. The molecular formula is C13H14N4O. The molecule has 92 valence electrons. The van der Waals surface area contributed by atoms with Gasteiger partial charge in [0.25, 0.3) is 5.56 Å². The number of aryl methyl sites for hydroxylation is 2. The van der Waals surface area contributed by atoms with Crippen LogP contribution in [0.5, 0.6) is 0 Å². The molecule has 0 aliphatic heterocycles. The average Bonchev–Trinajstić information content (AvgIpc) is 2.77. The lowest BCUT2D eigenvalue weighted by molar-refractivity contribution is 0.676. The van der Waals surface area contributed by atoms with Crippen LogP contribution in [0.2, 0.25) is 0 Å². The number of fused-ring (bicyclic) bond motifs is 3. The summed E-state index contributed by atoms with van der Waals surface area (Å²) < 4.78 is 3.47. The fourth-order valence-electron chi connectivity index (χ4n) is 2.38. The van der Waals surface area contributed by atoms with E-state index in [1.165, 1.54) is 0 Å². The molecular weight excluding hydrogens is 228 g/mol. The molecule has 3 heterocycles. The topological polar surface area (TPSA) is 52.7 Å². The van der Waals surface area contributed by atoms with E-state index in [0.29, 0.717) is 11.9 Å². The average molecular weight is 242 g/mol. The Morgan fingerprint density at radius 2 is 2.17 bits per heavy atom. The van der Waals surface area contributed by atoms with Gasteiger partial charge in [-0.25, -0.2) is 4.98 Å². The molecule has 0 aromatic carbocycles. The Balaban J connectivity index is 2.60. The second-order valence-corrected chi connectivity index (χ2v) is 4.36. The van der Waals surface area contributed by atoms with Gasteiger partial charge in [-0.1, -0.05) is 6.92 Å². The maximum atomic E-state index is 12.4. The zero-order valence-electron chi connectivity index (χ0n) is 10.4. The molecule has 0 saturated carbocycles. The van der Waals surface area contributed by atoms with Crippen molar-refractivity contribution >= 4 is 21.9 Å². The third-order valence-electron chi connectivity index (χ3n) is 3.16. The summed E-state index contributed by atoms with van der Waals surface area (Å²) in [5, 5.41) is 5.81. The SMILES string of the molecule is CCCn1c(=O)c2cnn(C)c2c2cccnc21. The fraction of sp³-hybridized carbons (Fsp3) is 0.308. The van der Waals surface area contributed by atoms with Gasteiger partial charge in [0.2, 0.25) is 0 Å². The second-order valence-electron chi connectivity index (χ2n) is 4.36. The molecule has 0 amide bonds. The molecule has 0 aliphatic carbocycles. The highest BCUT2D eigenvalue weighted by Crippen LogP contribution is 2.20. The second kappa shape index (κ2) is 3.94. The monoisotopic (exact) mass is 242 g/mol. The van der Waals surface area contributed by atoms with Crippen molar-refractivity contribution in [2.45, 2.75) is 19.9 Å². The van der Waals surface area contributed by atoms with Crippen LogP contribution < -0.4 is 5.56 Å². The van der Waals surface area contributed by atoms with Gasteiger partial charge in [0.1, 0.15) is 5.65 Å². The summed E-state index contributed by atoms with van der Waals surface area (Å²) in [4.78, 5) is 16.8. The summed E-state index contributed by atoms with van der Waals surface area (Å²) in [6.45, 7) is 2.73. The van der Waals surface area contributed by atoms with Crippen molar-refractivity contribution in [2.75, 3.05) is 0 Å². The molecule has 0 fully saturated rings. The van der Waals surface area contributed by atoms with Crippen molar-refractivity contribution in [1.82, 2.24) is 19.3 Å². The highest BCUT2D eigenvalue weighted by molar-refractivity contribution is 6.01. The van der Waals surface area contributed by atoms with E-state index >= 15 is 0 Å². The first-order valence-electron chi connectivity index (χ1n) is 6.03. The lowest BCUT2D eigenvalue weighted by Crippen LogP contribution is -2.21. The van der Waals surface area contributed by atoms with Crippen molar-refractivity contribution < 1.29 is 0 Å². The van der Waals surface area contributed by atoms with Crippen LogP contribution in [0.1, 0.15) is 13.3 Å². The number of nitrogens with zero attached hydrogens (tertiary/aromatic N) is 4. The van der Waals surface area contributed by atoms with E-state index in [4.69, 9.17) is 0 Å². The quantitative estimate of drug-likeness (QED) is 0.687. The van der Waals surface area contributed by atoms with Gasteiger partial charge >= 0.3 is 0 Å². The first-order chi connectivity index (χ1) is 8.74. The van der Waals surface area contributed by atoms with E-state index in [2.05, 4.69) is 17.0 Å². The van der Waals surface area contributed by atoms with Crippen LogP contribution in [0.15, 0.2) is 29.3 Å². The predicted octanol–water partition coefficient (Wildman–Crippen LogP) is 1.69. The van der Waals surface area contributed by atoms with Gasteiger partial charge in [0, 0.05) is 25.2 Å². The fourth-order valence-corrected chi connectivity index (χ4v) is 2.38. The van der Waals surface area contributed by atoms with Crippen molar-refractivity contribution in [3.63, 3.8) is 0 Å². The molecule has 0 atom stereocenters. The van der Waals surface area contributed by atoms with Gasteiger partial charge in [-0.05, 0) is 18.6 Å². The summed E-state index contributed by atoms with van der Waals surface area (Å²) >= 11 is 0. The molecule has 0 radical (unpaired) electrons. The molecule has 3 aromatic heterocycles. The van der Waals surface area contributed by atoms with Crippen molar-refractivity contribution in [1.29, 1.82) is 0 Å². The summed E-state index contributed by atoms with van der Waals surface area (Å²) in [5.41, 5.74) is 1.59. The molecule has 0 aliphatic rings. The number of rotatable bonds is 2. The number of hydrogen-bond acceptors (Lipinski definition) is 3. The predicted molar refractivity (Wildman–Crippen MR) is 70.6 cm³/mol. The van der Waals surface area contributed by atoms with Crippen molar-refractivity contribution in [3.8, 4) is 0 Å². The minimum absolute atomic E-state index is 0.00819. The van der Waals surface area contributed by atoms with Crippen LogP contribution in [0.25, 0.3) is 21.9 Å². The molecule has 18 heavy (non-hydrogen) atoms. The molecule has 0 spiro atoms. The molecule has 5 nitrogen and oxygen atoms in total. The Morgan fingerprint density at radius 3 is 2.94 bits per heavy atom. The van der Waals surface area contributed by atoms with Crippen LogP contribution in [-0.2, 0) is 13.6 Å². The van der Waals surface area contributed by atoms with E-state index in [0.717, 1.165) is 23.0 Å². The zero-order valence-corrected chi connectivity index (χ0v) is 10.4. The third-order valence-corrected chi connectivity index (χ3v) is 3.16. The largest absolute Gasteiger partial charge is 0.292 e.